The van der Waals surface area contributed by atoms with E-state index in [0.29, 0.717) is 22.9 Å². The van der Waals surface area contributed by atoms with Crippen LogP contribution in [-0.2, 0) is 21.4 Å². The van der Waals surface area contributed by atoms with Crippen molar-refractivity contribution in [2.24, 2.45) is 5.92 Å². The van der Waals surface area contributed by atoms with Gasteiger partial charge in [0.15, 0.2) is 0 Å². The molecule has 1 fully saturated rings. The molecular formula is C21H26ClN3O3S. The summed E-state index contributed by atoms with van der Waals surface area (Å²) in [5.41, 5.74) is 2.24. The molecule has 1 atom stereocenters. The zero-order valence-corrected chi connectivity index (χ0v) is 18.2. The summed E-state index contributed by atoms with van der Waals surface area (Å²) in [6.07, 6.45) is 2.94. The number of halogens is 1. The van der Waals surface area contributed by atoms with Crippen molar-refractivity contribution in [1.29, 1.82) is 0 Å². The number of benzene rings is 2. The minimum atomic E-state index is -3.36. The van der Waals surface area contributed by atoms with Crippen molar-refractivity contribution in [2.45, 2.75) is 19.4 Å². The van der Waals surface area contributed by atoms with E-state index < -0.39 is 10.0 Å². The average Bonchev–Trinajstić information content (AvgIpc) is 2.67. The summed E-state index contributed by atoms with van der Waals surface area (Å²) in [6, 6.07) is 14.7. The van der Waals surface area contributed by atoms with Gasteiger partial charge < -0.3 is 5.32 Å². The van der Waals surface area contributed by atoms with Crippen molar-refractivity contribution in [3.63, 3.8) is 0 Å². The molecule has 0 bridgehead atoms. The zero-order valence-electron chi connectivity index (χ0n) is 16.6. The smallest absolute Gasteiger partial charge is 0.231 e. The predicted octanol–water partition coefficient (Wildman–Crippen LogP) is 3.59. The first-order chi connectivity index (χ1) is 13.7. The van der Waals surface area contributed by atoms with Gasteiger partial charge in [-0.15, -0.1) is 0 Å². The molecule has 8 heteroatoms. The molecule has 2 aromatic carbocycles. The van der Waals surface area contributed by atoms with E-state index in [1.165, 1.54) is 11.4 Å². The van der Waals surface area contributed by atoms with Crippen molar-refractivity contribution in [3.8, 4) is 0 Å². The van der Waals surface area contributed by atoms with E-state index in [1.54, 1.807) is 24.3 Å². The van der Waals surface area contributed by atoms with Crippen LogP contribution in [0.5, 0.6) is 0 Å². The number of rotatable bonds is 6. The van der Waals surface area contributed by atoms with E-state index in [2.05, 4.69) is 10.2 Å². The summed E-state index contributed by atoms with van der Waals surface area (Å²) in [7, 11) is -1.87. The first-order valence-electron chi connectivity index (χ1n) is 9.54. The van der Waals surface area contributed by atoms with Gasteiger partial charge in [0.1, 0.15) is 0 Å². The summed E-state index contributed by atoms with van der Waals surface area (Å²) in [5.74, 6) is -0.154. The number of carbonyl (C=O) groups excluding carboxylic acids is 1. The maximum absolute atomic E-state index is 12.8. The molecule has 6 nitrogen and oxygen atoms in total. The highest BCUT2D eigenvalue weighted by Gasteiger charge is 2.26. The molecule has 1 saturated heterocycles. The summed E-state index contributed by atoms with van der Waals surface area (Å²) in [4.78, 5) is 15.1. The van der Waals surface area contributed by atoms with Crippen LogP contribution in [0.4, 0.5) is 11.4 Å². The van der Waals surface area contributed by atoms with Gasteiger partial charge in [0, 0.05) is 30.8 Å². The lowest BCUT2D eigenvalue weighted by atomic mass is 9.96. The number of hydrogen-bond donors (Lipinski definition) is 1. The lowest BCUT2D eigenvalue weighted by Gasteiger charge is -2.32. The van der Waals surface area contributed by atoms with E-state index in [9.17, 15) is 13.2 Å². The summed E-state index contributed by atoms with van der Waals surface area (Å²) in [5, 5.41) is 3.66. The van der Waals surface area contributed by atoms with Crippen molar-refractivity contribution in [3.05, 3.63) is 59.1 Å². The SMILES string of the molecule is CN(c1cccc(NC(=O)C2CCCN(Cc3cccc(Cl)c3)C2)c1)S(C)(=O)=O. The molecule has 0 aromatic heterocycles. The number of likely N-dealkylation sites (tertiary alicyclic amines) is 1. The van der Waals surface area contributed by atoms with Crippen molar-refractivity contribution >= 4 is 38.9 Å². The fourth-order valence-electron chi connectivity index (χ4n) is 3.52. The Bertz CT molecular complexity index is 981. The fourth-order valence-corrected chi connectivity index (χ4v) is 4.23. The first-order valence-corrected chi connectivity index (χ1v) is 11.8. The van der Waals surface area contributed by atoms with E-state index in [4.69, 9.17) is 11.6 Å². The van der Waals surface area contributed by atoms with Crippen LogP contribution in [-0.4, -0.2) is 45.6 Å². The van der Waals surface area contributed by atoms with Crippen LogP contribution in [0.25, 0.3) is 0 Å². The Hall–Kier alpha value is -2.09. The summed E-state index contributed by atoms with van der Waals surface area (Å²) in [6.45, 7) is 2.39. The molecule has 0 spiro atoms. The molecule has 156 valence electrons. The Labute approximate surface area is 177 Å². The van der Waals surface area contributed by atoms with Gasteiger partial charge in [-0.05, 0) is 55.3 Å². The average molecular weight is 436 g/mol. The minimum absolute atomic E-state index is 0.0417. The van der Waals surface area contributed by atoms with Gasteiger partial charge in [-0.25, -0.2) is 8.42 Å². The molecule has 0 radical (unpaired) electrons. The molecule has 1 heterocycles. The van der Waals surface area contributed by atoms with E-state index >= 15 is 0 Å². The first kappa shape index (κ1) is 21.6. The van der Waals surface area contributed by atoms with Gasteiger partial charge in [-0.3, -0.25) is 14.0 Å². The Kier molecular flexibility index (Phi) is 6.82. The molecule has 0 saturated carbocycles. The number of piperidine rings is 1. The maximum atomic E-state index is 12.8. The second kappa shape index (κ2) is 9.15. The highest BCUT2D eigenvalue weighted by Crippen LogP contribution is 2.24. The second-order valence-electron chi connectivity index (χ2n) is 7.47. The van der Waals surface area contributed by atoms with Crippen LogP contribution in [0.1, 0.15) is 18.4 Å². The Balaban J connectivity index is 1.63. The van der Waals surface area contributed by atoms with Gasteiger partial charge >= 0.3 is 0 Å². The third-order valence-electron chi connectivity index (χ3n) is 5.15. The molecule has 3 rings (SSSR count). The van der Waals surface area contributed by atoms with Crippen molar-refractivity contribution < 1.29 is 13.2 Å². The van der Waals surface area contributed by atoms with Crippen LogP contribution in [0, 0.1) is 5.92 Å². The predicted molar refractivity (Wildman–Crippen MR) is 118 cm³/mol. The van der Waals surface area contributed by atoms with Gasteiger partial charge in [-0.2, -0.15) is 0 Å². The number of sulfonamides is 1. The van der Waals surface area contributed by atoms with Crippen LogP contribution in [0.3, 0.4) is 0 Å². The molecule has 0 aliphatic carbocycles. The Morgan fingerprint density at radius 2 is 2.00 bits per heavy atom. The van der Waals surface area contributed by atoms with Gasteiger partial charge in [0.2, 0.25) is 15.9 Å². The highest BCUT2D eigenvalue weighted by molar-refractivity contribution is 7.92. The van der Waals surface area contributed by atoms with Crippen LogP contribution < -0.4 is 9.62 Å². The fraction of sp³-hybridized carbons (Fsp3) is 0.381. The van der Waals surface area contributed by atoms with Gasteiger partial charge in [0.05, 0.1) is 17.9 Å². The van der Waals surface area contributed by atoms with Crippen molar-refractivity contribution in [2.75, 3.05) is 36.0 Å². The number of anilines is 2. The second-order valence-corrected chi connectivity index (χ2v) is 9.92. The lowest BCUT2D eigenvalue weighted by molar-refractivity contribution is -0.121. The normalized spacial score (nSPS) is 17.7. The number of nitrogens with zero attached hydrogens (tertiary/aromatic N) is 2. The van der Waals surface area contributed by atoms with E-state index in [1.807, 2.05) is 24.3 Å². The Morgan fingerprint density at radius 3 is 2.72 bits per heavy atom. The number of hydrogen-bond acceptors (Lipinski definition) is 4. The third kappa shape index (κ3) is 5.95. The van der Waals surface area contributed by atoms with Crippen LogP contribution in [0.15, 0.2) is 48.5 Å². The summed E-state index contributed by atoms with van der Waals surface area (Å²) >= 11 is 6.07. The largest absolute Gasteiger partial charge is 0.326 e. The van der Waals surface area contributed by atoms with Gasteiger partial charge in [0.25, 0.3) is 0 Å². The number of nitrogens with one attached hydrogen (secondary N) is 1. The zero-order chi connectivity index (χ0) is 21.0. The monoisotopic (exact) mass is 435 g/mol. The highest BCUT2D eigenvalue weighted by atomic mass is 35.5. The number of carbonyl (C=O) groups is 1. The standard InChI is InChI=1S/C21H26ClN3O3S/c1-24(29(2,27)28)20-10-4-9-19(13-20)23-21(26)17-7-5-11-25(15-17)14-16-6-3-8-18(22)12-16/h3-4,6,8-10,12-13,17H,5,7,11,14-15H2,1-2H3,(H,23,26). The van der Waals surface area contributed by atoms with Gasteiger partial charge in [-0.1, -0.05) is 29.8 Å². The molecule has 1 aliphatic heterocycles. The number of amides is 1. The molecule has 1 amide bonds. The summed E-state index contributed by atoms with van der Waals surface area (Å²) < 4.78 is 24.7. The molecule has 1 aliphatic rings. The molecule has 2 aromatic rings. The lowest BCUT2D eigenvalue weighted by Crippen LogP contribution is -2.40. The van der Waals surface area contributed by atoms with E-state index in [0.717, 1.165) is 37.8 Å². The maximum Gasteiger partial charge on any atom is 0.231 e. The molecule has 1 N–H and O–H groups in total. The third-order valence-corrected chi connectivity index (χ3v) is 6.59. The molecular weight excluding hydrogens is 410 g/mol. The molecule has 29 heavy (non-hydrogen) atoms. The van der Waals surface area contributed by atoms with Crippen LogP contribution >= 0.6 is 11.6 Å². The Morgan fingerprint density at radius 1 is 1.24 bits per heavy atom. The van der Waals surface area contributed by atoms with Crippen LogP contribution in [0.2, 0.25) is 5.02 Å². The topological polar surface area (TPSA) is 69.7 Å². The molecule has 1 unspecified atom stereocenters. The quantitative estimate of drug-likeness (QED) is 0.752. The van der Waals surface area contributed by atoms with E-state index in [-0.39, 0.29) is 11.8 Å². The van der Waals surface area contributed by atoms with Crippen molar-refractivity contribution in [1.82, 2.24) is 4.90 Å². The minimum Gasteiger partial charge on any atom is -0.326 e.